The van der Waals surface area contributed by atoms with E-state index in [1.54, 1.807) is 0 Å². The highest BCUT2D eigenvalue weighted by Crippen LogP contribution is 2.22. The van der Waals surface area contributed by atoms with Crippen LogP contribution in [0.3, 0.4) is 0 Å². The van der Waals surface area contributed by atoms with E-state index >= 15 is 0 Å². The minimum atomic E-state index is 0.507. The number of thiophene rings is 2. The van der Waals surface area contributed by atoms with Crippen LogP contribution in [0.1, 0.15) is 29.1 Å². The average molecular weight is 237 g/mol. The Bertz CT molecular complexity index is 364. The first kappa shape index (κ1) is 10.9. The van der Waals surface area contributed by atoms with Crippen molar-refractivity contribution in [1.29, 1.82) is 0 Å². The predicted molar refractivity (Wildman–Crippen MR) is 68.5 cm³/mol. The molecule has 0 aliphatic heterocycles. The Morgan fingerprint density at radius 3 is 2.60 bits per heavy atom. The zero-order chi connectivity index (χ0) is 10.5. The molecule has 0 spiro atoms. The van der Waals surface area contributed by atoms with E-state index in [1.165, 1.54) is 9.75 Å². The van der Waals surface area contributed by atoms with Crippen molar-refractivity contribution in [3.63, 3.8) is 0 Å². The molecule has 0 amide bonds. The summed E-state index contributed by atoms with van der Waals surface area (Å²) in [6, 6.07) is 9.12. The first-order chi connectivity index (χ1) is 7.40. The quantitative estimate of drug-likeness (QED) is 0.827. The molecular formula is C12H15NS2. The Morgan fingerprint density at radius 2 is 2.00 bits per heavy atom. The molecule has 0 aromatic carbocycles. The predicted octanol–water partition coefficient (Wildman–Crippen LogP) is 4.05. The molecule has 0 saturated heterocycles. The maximum atomic E-state index is 3.60. The van der Waals surface area contributed by atoms with Gasteiger partial charge in [-0.3, -0.25) is 0 Å². The molecule has 15 heavy (non-hydrogen) atoms. The maximum absolute atomic E-state index is 3.60. The number of nitrogens with one attached hydrogen (secondary N) is 1. The third-order valence-electron chi connectivity index (χ3n) is 2.40. The van der Waals surface area contributed by atoms with Gasteiger partial charge in [-0.05, 0) is 29.3 Å². The van der Waals surface area contributed by atoms with E-state index in [0.717, 1.165) is 13.0 Å². The molecular weight excluding hydrogens is 222 g/mol. The lowest BCUT2D eigenvalue weighted by atomic mass is 10.2. The van der Waals surface area contributed by atoms with Gasteiger partial charge in [-0.1, -0.05) is 19.1 Å². The fraction of sp³-hybridized carbons (Fsp3) is 0.333. The maximum Gasteiger partial charge on any atom is 0.0415 e. The first-order valence-corrected chi connectivity index (χ1v) is 6.95. The second-order valence-corrected chi connectivity index (χ2v) is 5.45. The molecule has 0 radical (unpaired) electrons. The average Bonchev–Trinajstić information content (AvgIpc) is 2.90. The lowest BCUT2D eigenvalue weighted by molar-refractivity contribution is 0.529. The summed E-state index contributed by atoms with van der Waals surface area (Å²) in [5.74, 6) is 0. The highest BCUT2D eigenvalue weighted by atomic mass is 32.1. The SMILES string of the molecule is CCC(NCc1cccs1)c1cccs1. The van der Waals surface area contributed by atoms with Crippen LogP contribution in [0, 0.1) is 0 Å². The van der Waals surface area contributed by atoms with E-state index in [4.69, 9.17) is 0 Å². The van der Waals surface area contributed by atoms with Gasteiger partial charge in [0.05, 0.1) is 0 Å². The Labute approximate surface area is 98.8 Å². The molecule has 1 unspecified atom stereocenters. The number of rotatable bonds is 5. The largest absolute Gasteiger partial charge is 0.304 e. The van der Waals surface area contributed by atoms with Crippen LogP contribution in [-0.2, 0) is 6.54 Å². The fourth-order valence-electron chi connectivity index (χ4n) is 1.57. The van der Waals surface area contributed by atoms with E-state index in [1.807, 2.05) is 22.7 Å². The molecule has 2 rings (SSSR count). The van der Waals surface area contributed by atoms with Crippen molar-refractivity contribution < 1.29 is 0 Å². The van der Waals surface area contributed by atoms with Crippen molar-refractivity contribution in [1.82, 2.24) is 5.32 Å². The van der Waals surface area contributed by atoms with Crippen molar-refractivity contribution in [3.8, 4) is 0 Å². The second-order valence-electron chi connectivity index (χ2n) is 3.44. The molecule has 2 aromatic rings. The van der Waals surface area contributed by atoms with Crippen LogP contribution in [0.25, 0.3) is 0 Å². The van der Waals surface area contributed by atoms with Crippen LogP contribution >= 0.6 is 22.7 Å². The first-order valence-electron chi connectivity index (χ1n) is 5.19. The van der Waals surface area contributed by atoms with Crippen LogP contribution in [0.2, 0.25) is 0 Å². The smallest absolute Gasteiger partial charge is 0.0415 e. The van der Waals surface area contributed by atoms with Crippen molar-refractivity contribution in [2.24, 2.45) is 0 Å². The molecule has 0 aliphatic rings. The normalized spacial score (nSPS) is 12.9. The molecule has 3 heteroatoms. The summed E-state index contributed by atoms with van der Waals surface area (Å²) >= 11 is 3.65. The molecule has 0 aliphatic carbocycles. The highest BCUT2D eigenvalue weighted by molar-refractivity contribution is 7.10. The Balaban J connectivity index is 1.92. The highest BCUT2D eigenvalue weighted by Gasteiger charge is 2.09. The number of hydrogen-bond donors (Lipinski definition) is 1. The molecule has 0 fully saturated rings. The minimum Gasteiger partial charge on any atom is -0.304 e. The van der Waals surface area contributed by atoms with Crippen molar-refractivity contribution in [3.05, 3.63) is 44.8 Å². The van der Waals surface area contributed by atoms with Crippen LogP contribution in [0.4, 0.5) is 0 Å². The minimum absolute atomic E-state index is 0.507. The van der Waals surface area contributed by atoms with Gasteiger partial charge in [0.1, 0.15) is 0 Å². The lowest BCUT2D eigenvalue weighted by Crippen LogP contribution is -2.18. The second kappa shape index (κ2) is 5.45. The van der Waals surface area contributed by atoms with E-state index in [9.17, 15) is 0 Å². The van der Waals surface area contributed by atoms with Crippen molar-refractivity contribution in [2.45, 2.75) is 25.9 Å². The van der Waals surface area contributed by atoms with E-state index < -0.39 is 0 Å². The molecule has 1 nitrogen and oxygen atoms in total. The zero-order valence-corrected chi connectivity index (χ0v) is 10.4. The summed E-state index contributed by atoms with van der Waals surface area (Å²) in [5, 5.41) is 7.87. The fourth-order valence-corrected chi connectivity index (χ4v) is 3.11. The summed E-state index contributed by atoms with van der Waals surface area (Å²) in [6.45, 7) is 3.21. The van der Waals surface area contributed by atoms with Gasteiger partial charge in [0.2, 0.25) is 0 Å². The molecule has 0 bridgehead atoms. The molecule has 2 aromatic heterocycles. The van der Waals surface area contributed by atoms with Gasteiger partial charge >= 0.3 is 0 Å². The standard InChI is InChI=1S/C12H15NS2/c1-2-11(12-6-4-8-15-12)13-9-10-5-3-7-14-10/h3-8,11,13H,2,9H2,1H3. The van der Waals surface area contributed by atoms with Crippen LogP contribution in [0.15, 0.2) is 35.0 Å². The zero-order valence-electron chi connectivity index (χ0n) is 8.77. The molecule has 2 heterocycles. The summed E-state index contributed by atoms with van der Waals surface area (Å²) in [5.41, 5.74) is 0. The lowest BCUT2D eigenvalue weighted by Gasteiger charge is -2.14. The van der Waals surface area contributed by atoms with Gasteiger partial charge in [-0.25, -0.2) is 0 Å². The van der Waals surface area contributed by atoms with Gasteiger partial charge in [0.15, 0.2) is 0 Å². The van der Waals surface area contributed by atoms with Crippen LogP contribution in [-0.4, -0.2) is 0 Å². The summed E-state index contributed by atoms with van der Waals surface area (Å²) in [4.78, 5) is 2.85. The van der Waals surface area contributed by atoms with E-state index in [2.05, 4.69) is 47.3 Å². The van der Waals surface area contributed by atoms with Gasteiger partial charge < -0.3 is 5.32 Å². The third-order valence-corrected chi connectivity index (χ3v) is 4.26. The Kier molecular flexibility index (Phi) is 3.94. The topological polar surface area (TPSA) is 12.0 Å². The molecule has 80 valence electrons. The van der Waals surface area contributed by atoms with Gasteiger partial charge in [-0.2, -0.15) is 0 Å². The Morgan fingerprint density at radius 1 is 1.20 bits per heavy atom. The van der Waals surface area contributed by atoms with E-state index in [-0.39, 0.29) is 0 Å². The molecule has 1 atom stereocenters. The third kappa shape index (κ3) is 2.91. The number of hydrogen-bond acceptors (Lipinski definition) is 3. The summed E-state index contributed by atoms with van der Waals surface area (Å²) < 4.78 is 0. The van der Waals surface area contributed by atoms with Gasteiger partial charge in [-0.15, -0.1) is 22.7 Å². The summed E-state index contributed by atoms with van der Waals surface area (Å²) in [7, 11) is 0. The van der Waals surface area contributed by atoms with Gasteiger partial charge in [0.25, 0.3) is 0 Å². The molecule has 0 saturated carbocycles. The Hall–Kier alpha value is -0.640. The van der Waals surface area contributed by atoms with Crippen molar-refractivity contribution in [2.75, 3.05) is 0 Å². The monoisotopic (exact) mass is 237 g/mol. The van der Waals surface area contributed by atoms with Gasteiger partial charge in [0, 0.05) is 22.3 Å². The van der Waals surface area contributed by atoms with Crippen LogP contribution < -0.4 is 5.32 Å². The van der Waals surface area contributed by atoms with Crippen LogP contribution in [0.5, 0.6) is 0 Å². The molecule has 1 N–H and O–H groups in total. The van der Waals surface area contributed by atoms with Crippen molar-refractivity contribution >= 4 is 22.7 Å². The summed E-state index contributed by atoms with van der Waals surface area (Å²) in [6.07, 6.45) is 1.14. The van der Waals surface area contributed by atoms with E-state index in [0.29, 0.717) is 6.04 Å².